The minimum Gasteiger partial charge on any atom is -0.485 e. The number of rotatable bonds is 9. The van der Waals surface area contributed by atoms with Gasteiger partial charge in [-0.2, -0.15) is 0 Å². The number of halogens is 1. The number of benzene rings is 2. The molecule has 1 N–H and O–H groups in total. The third-order valence-electron chi connectivity index (χ3n) is 5.55. The summed E-state index contributed by atoms with van der Waals surface area (Å²) in [7, 11) is 0. The van der Waals surface area contributed by atoms with Crippen molar-refractivity contribution in [2.75, 3.05) is 64.1 Å². The van der Waals surface area contributed by atoms with Crippen molar-refractivity contribution in [3.8, 4) is 11.5 Å². The van der Waals surface area contributed by atoms with E-state index < -0.39 is 0 Å². The Morgan fingerprint density at radius 1 is 1.12 bits per heavy atom. The van der Waals surface area contributed by atoms with Crippen LogP contribution in [-0.2, 0) is 14.3 Å². The third kappa shape index (κ3) is 6.25. The molecule has 0 aromatic heterocycles. The van der Waals surface area contributed by atoms with E-state index in [4.69, 9.17) is 25.8 Å². The summed E-state index contributed by atoms with van der Waals surface area (Å²) in [6.07, 6.45) is 0. The summed E-state index contributed by atoms with van der Waals surface area (Å²) < 4.78 is 16.3. The van der Waals surface area contributed by atoms with Crippen molar-refractivity contribution in [3.05, 3.63) is 53.1 Å². The summed E-state index contributed by atoms with van der Waals surface area (Å²) in [5, 5.41) is 3.36. The Labute approximate surface area is 202 Å². The quantitative estimate of drug-likeness (QED) is 0.538. The number of morpholine rings is 1. The second-order valence-electron chi connectivity index (χ2n) is 7.92. The number of carbonyl (C=O) groups excluding carboxylic acids is 3. The molecule has 2 aliphatic heterocycles. The van der Waals surface area contributed by atoms with E-state index in [1.54, 1.807) is 42.5 Å². The lowest BCUT2D eigenvalue weighted by Crippen LogP contribution is -2.47. The molecule has 2 amide bonds. The monoisotopic (exact) mass is 487 g/mol. The molecule has 0 radical (unpaired) electrons. The number of fused-ring (bicyclic) bond motifs is 1. The number of anilines is 1. The molecule has 0 unspecified atom stereocenters. The van der Waals surface area contributed by atoms with E-state index in [-0.39, 0.29) is 37.4 Å². The highest BCUT2D eigenvalue weighted by atomic mass is 35.5. The Morgan fingerprint density at radius 3 is 2.74 bits per heavy atom. The Hall–Kier alpha value is -3.14. The van der Waals surface area contributed by atoms with E-state index in [2.05, 4.69) is 10.2 Å². The Kier molecular flexibility index (Phi) is 7.99. The van der Waals surface area contributed by atoms with Crippen LogP contribution in [0, 0.1) is 0 Å². The second kappa shape index (κ2) is 11.3. The van der Waals surface area contributed by atoms with Gasteiger partial charge in [-0.1, -0.05) is 17.7 Å². The van der Waals surface area contributed by atoms with E-state index in [1.807, 2.05) is 0 Å². The van der Waals surface area contributed by atoms with Crippen molar-refractivity contribution >= 4 is 34.9 Å². The van der Waals surface area contributed by atoms with Crippen LogP contribution in [0.4, 0.5) is 5.69 Å². The second-order valence-corrected chi connectivity index (χ2v) is 8.36. The normalized spacial score (nSPS) is 15.9. The standard InChI is InChI=1S/C24H26ClN3O6/c25-18-2-1-3-19(13-18)33-15-21(29)17-4-5-22-20(12-17)28(24(31)16-34-22)14-23(30)26-6-7-27-8-10-32-11-9-27/h1-5,12-13H,6-11,14-16H2,(H,26,30). The van der Waals surface area contributed by atoms with Gasteiger partial charge in [0.15, 0.2) is 19.0 Å². The predicted molar refractivity (Wildman–Crippen MR) is 126 cm³/mol. The zero-order valence-corrected chi connectivity index (χ0v) is 19.4. The zero-order chi connectivity index (χ0) is 23.9. The first-order valence-corrected chi connectivity index (χ1v) is 11.4. The average Bonchev–Trinajstić information content (AvgIpc) is 2.85. The van der Waals surface area contributed by atoms with Gasteiger partial charge in [0.2, 0.25) is 5.91 Å². The van der Waals surface area contributed by atoms with Crippen LogP contribution in [0.2, 0.25) is 5.02 Å². The minimum absolute atomic E-state index is 0.158. The van der Waals surface area contributed by atoms with Gasteiger partial charge in [0, 0.05) is 36.8 Å². The smallest absolute Gasteiger partial charge is 0.265 e. The predicted octanol–water partition coefficient (Wildman–Crippen LogP) is 1.78. The van der Waals surface area contributed by atoms with Gasteiger partial charge >= 0.3 is 0 Å². The van der Waals surface area contributed by atoms with E-state index in [0.717, 1.165) is 13.1 Å². The van der Waals surface area contributed by atoms with Gasteiger partial charge < -0.3 is 19.5 Å². The number of ketones is 1. The maximum atomic E-state index is 12.7. The fourth-order valence-electron chi connectivity index (χ4n) is 3.72. The molecular formula is C24H26ClN3O6. The maximum Gasteiger partial charge on any atom is 0.265 e. The molecule has 0 aliphatic carbocycles. The molecule has 9 nitrogen and oxygen atoms in total. The van der Waals surface area contributed by atoms with Crippen LogP contribution in [0.5, 0.6) is 11.5 Å². The molecule has 1 saturated heterocycles. The highest BCUT2D eigenvalue weighted by Crippen LogP contribution is 2.33. The molecule has 0 saturated carbocycles. The van der Waals surface area contributed by atoms with Crippen molar-refractivity contribution < 1.29 is 28.6 Å². The largest absolute Gasteiger partial charge is 0.485 e. The third-order valence-corrected chi connectivity index (χ3v) is 5.78. The van der Waals surface area contributed by atoms with Gasteiger partial charge in [-0.15, -0.1) is 0 Å². The summed E-state index contributed by atoms with van der Waals surface area (Å²) in [4.78, 5) is 41.3. The van der Waals surface area contributed by atoms with Crippen molar-refractivity contribution in [3.63, 3.8) is 0 Å². The first-order valence-electron chi connectivity index (χ1n) is 11.1. The average molecular weight is 488 g/mol. The molecule has 0 bridgehead atoms. The van der Waals surface area contributed by atoms with E-state index >= 15 is 0 Å². The molecule has 10 heteroatoms. The van der Waals surface area contributed by atoms with E-state index in [9.17, 15) is 14.4 Å². The summed E-state index contributed by atoms with van der Waals surface area (Å²) in [5.41, 5.74) is 0.727. The highest BCUT2D eigenvalue weighted by Gasteiger charge is 2.28. The summed E-state index contributed by atoms with van der Waals surface area (Å²) in [6, 6.07) is 11.6. The Morgan fingerprint density at radius 2 is 1.94 bits per heavy atom. The Bertz CT molecular complexity index is 1060. The number of nitrogens with zero attached hydrogens (tertiary/aromatic N) is 2. The zero-order valence-electron chi connectivity index (χ0n) is 18.6. The number of nitrogens with one attached hydrogen (secondary N) is 1. The Balaban J connectivity index is 1.37. The molecule has 0 spiro atoms. The molecule has 2 heterocycles. The highest BCUT2D eigenvalue weighted by molar-refractivity contribution is 6.30. The topological polar surface area (TPSA) is 97.4 Å². The van der Waals surface area contributed by atoms with Gasteiger partial charge in [-0.05, 0) is 36.4 Å². The van der Waals surface area contributed by atoms with Crippen molar-refractivity contribution in [2.24, 2.45) is 0 Å². The van der Waals surface area contributed by atoms with Crippen LogP contribution in [0.25, 0.3) is 0 Å². The van der Waals surface area contributed by atoms with Gasteiger partial charge in [-0.3, -0.25) is 24.2 Å². The molecular weight excluding hydrogens is 462 g/mol. The number of hydrogen-bond acceptors (Lipinski definition) is 7. The van der Waals surface area contributed by atoms with E-state index in [1.165, 1.54) is 4.90 Å². The van der Waals surface area contributed by atoms with Crippen molar-refractivity contribution in [1.29, 1.82) is 0 Å². The van der Waals surface area contributed by atoms with Crippen molar-refractivity contribution in [1.82, 2.24) is 10.2 Å². The fraction of sp³-hybridized carbons (Fsp3) is 0.375. The first kappa shape index (κ1) is 24.0. The van der Waals surface area contributed by atoms with Crippen LogP contribution in [0.15, 0.2) is 42.5 Å². The molecule has 2 aromatic carbocycles. The lowest BCUT2D eigenvalue weighted by Gasteiger charge is -2.29. The number of Topliss-reactive ketones (excluding diaryl/α,β-unsaturated/α-hetero) is 1. The lowest BCUT2D eigenvalue weighted by molar-refractivity contribution is -0.125. The van der Waals surface area contributed by atoms with Crippen LogP contribution >= 0.6 is 11.6 Å². The van der Waals surface area contributed by atoms with Crippen LogP contribution in [-0.4, -0.2) is 81.6 Å². The fourth-order valence-corrected chi connectivity index (χ4v) is 3.90. The van der Waals surface area contributed by atoms with Gasteiger partial charge in [0.05, 0.1) is 18.9 Å². The van der Waals surface area contributed by atoms with Crippen LogP contribution < -0.4 is 19.7 Å². The summed E-state index contributed by atoms with van der Waals surface area (Å²) in [5.74, 6) is 0.00233. The molecule has 1 fully saturated rings. The number of hydrogen-bond donors (Lipinski definition) is 1. The molecule has 2 aromatic rings. The molecule has 180 valence electrons. The molecule has 2 aliphatic rings. The summed E-state index contributed by atoms with van der Waals surface area (Å²) in [6.45, 7) is 3.73. The van der Waals surface area contributed by atoms with Crippen LogP contribution in [0.3, 0.4) is 0 Å². The first-order chi connectivity index (χ1) is 16.5. The van der Waals surface area contributed by atoms with Gasteiger partial charge in [0.25, 0.3) is 5.91 Å². The van der Waals surface area contributed by atoms with Crippen LogP contribution in [0.1, 0.15) is 10.4 Å². The lowest BCUT2D eigenvalue weighted by atomic mass is 10.1. The maximum absolute atomic E-state index is 12.7. The van der Waals surface area contributed by atoms with Gasteiger partial charge in [0.1, 0.15) is 18.0 Å². The molecule has 0 atom stereocenters. The molecule has 4 rings (SSSR count). The molecule has 34 heavy (non-hydrogen) atoms. The number of ether oxygens (including phenoxy) is 3. The van der Waals surface area contributed by atoms with Gasteiger partial charge in [-0.25, -0.2) is 0 Å². The summed E-state index contributed by atoms with van der Waals surface area (Å²) >= 11 is 5.94. The number of amides is 2. The minimum atomic E-state index is -0.351. The number of carbonyl (C=O) groups is 3. The SMILES string of the molecule is O=C(CN1C(=O)COc2ccc(C(=O)COc3cccc(Cl)c3)cc21)NCCN1CCOCC1. The van der Waals surface area contributed by atoms with E-state index in [0.29, 0.717) is 54.1 Å². The van der Waals surface area contributed by atoms with Crippen molar-refractivity contribution in [2.45, 2.75) is 0 Å².